The fraction of sp³-hybridized carbons (Fsp3) is 0.692. The monoisotopic (exact) mass is 300 g/mol. The average Bonchev–Trinajstić information content (AvgIpc) is 2.59. The van der Waals surface area contributed by atoms with E-state index in [0.717, 1.165) is 0 Å². The number of hydrogen-bond donors (Lipinski definition) is 3. The lowest BCUT2D eigenvalue weighted by Gasteiger charge is -2.46. The van der Waals surface area contributed by atoms with Crippen molar-refractivity contribution >= 4 is 23.6 Å². The Balaban J connectivity index is 2.35. The summed E-state index contributed by atoms with van der Waals surface area (Å²) in [7, 11) is 0. The van der Waals surface area contributed by atoms with Gasteiger partial charge in [0, 0.05) is 22.6 Å². The number of carboxylic acids is 1. The summed E-state index contributed by atoms with van der Waals surface area (Å²) in [6.45, 7) is 5.83. The Bertz CT molecular complexity index is 477. The van der Waals surface area contributed by atoms with Gasteiger partial charge in [-0.05, 0) is 6.92 Å². The van der Waals surface area contributed by atoms with Crippen LogP contribution in [0, 0.1) is 11.8 Å². The van der Waals surface area contributed by atoms with Gasteiger partial charge in [0.1, 0.15) is 5.70 Å². The molecule has 2 aliphatic rings. The van der Waals surface area contributed by atoms with E-state index in [9.17, 15) is 19.8 Å². The quantitative estimate of drug-likeness (QED) is 0.628. The third-order valence-corrected chi connectivity index (χ3v) is 5.39. The summed E-state index contributed by atoms with van der Waals surface area (Å²) in [4.78, 5) is 25.6. The number of nitrogens with two attached hydrogens (primary N) is 1. The van der Waals surface area contributed by atoms with Crippen LogP contribution in [-0.4, -0.2) is 50.9 Å². The molecule has 7 heteroatoms. The minimum Gasteiger partial charge on any atom is -0.477 e. The summed E-state index contributed by atoms with van der Waals surface area (Å²) in [6, 6.07) is -0.249. The summed E-state index contributed by atoms with van der Waals surface area (Å²) in [5.41, 5.74) is 5.66. The highest BCUT2D eigenvalue weighted by Gasteiger charge is 2.60. The fourth-order valence-electron chi connectivity index (χ4n) is 2.94. The Kier molecular flexibility index (Phi) is 4.13. The molecule has 0 aromatic rings. The first kappa shape index (κ1) is 15.3. The number of rotatable bonds is 5. The van der Waals surface area contributed by atoms with Crippen LogP contribution in [0.15, 0.2) is 10.6 Å². The van der Waals surface area contributed by atoms with Crippen LogP contribution in [-0.2, 0) is 9.59 Å². The minimum absolute atomic E-state index is 0.0645. The second kappa shape index (κ2) is 5.38. The largest absolute Gasteiger partial charge is 0.477 e. The van der Waals surface area contributed by atoms with Gasteiger partial charge in [-0.2, -0.15) is 0 Å². The topological polar surface area (TPSA) is 104 Å². The van der Waals surface area contributed by atoms with E-state index < -0.39 is 18.0 Å². The number of fused-ring (bicyclic) bond motifs is 1. The van der Waals surface area contributed by atoms with Gasteiger partial charge < -0.3 is 20.8 Å². The van der Waals surface area contributed by atoms with Crippen LogP contribution in [0.1, 0.15) is 20.8 Å². The molecule has 1 fully saturated rings. The molecule has 0 aliphatic carbocycles. The summed E-state index contributed by atoms with van der Waals surface area (Å²) in [5, 5.41) is 19.2. The molecular weight excluding hydrogens is 280 g/mol. The van der Waals surface area contributed by atoms with Crippen molar-refractivity contribution in [1.29, 1.82) is 0 Å². The highest BCUT2D eigenvalue weighted by atomic mass is 32.2. The molecule has 5 atom stereocenters. The first-order valence-electron chi connectivity index (χ1n) is 6.66. The molecule has 2 aliphatic heterocycles. The molecule has 0 radical (unpaired) electrons. The molecular formula is C13H20N2O4S. The lowest BCUT2D eigenvalue weighted by molar-refractivity contribution is -0.163. The molecule has 4 N–H and O–H groups in total. The predicted octanol–water partition coefficient (Wildman–Crippen LogP) is 0.221. The number of aliphatic hydroxyl groups excluding tert-OH is 1. The number of nitrogens with zero attached hydrogens (tertiary/aromatic N) is 1. The number of hydrogen-bond acceptors (Lipinski definition) is 5. The van der Waals surface area contributed by atoms with Crippen molar-refractivity contribution in [1.82, 2.24) is 4.90 Å². The highest BCUT2D eigenvalue weighted by molar-refractivity contribution is 8.03. The molecule has 20 heavy (non-hydrogen) atoms. The van der Waals surface area contributed by atoms with Gasteiger partial charge in [0.05, 0.1) is 18.1 Å². The molecule has 2 heterocycles. The number of amides is 1. The molecule has 2 rings (SSSR count). The van der Waals surface area contributed by atoms with Crippen molar-refractivity contribution < 1.29 is 19.8 Å². The lowest BCUT2D eigenvalue weighted by Crippen LogP contribution is -2.63. The molecule has 1 saturated heterocycles. The van der Waals surface area contributed by atoms with E-state index in [1.165, 1.54) is 16.7 Å². The zero-order chi connectivity index (χ0) is 15.2. The summed E-state index contributed by atoms with van der Waals surface area (Å²) >= 11 is 1.41. The van der Waals surface area contributed by atoms with E-state index in [0.29, 0.717) is 11.4 Å². The van der Waals surface area contributed by atoms with Crippen LogP contribution in [0.5, 0.6) is 0 Å². The Morgan fingerprint density at radius 1 is 1.50 bits per heavy atom. The lowest BCUT2D eigenvalue weighted by atomic mass is 9.79. The van der Waals surface area contributed by atoms with E-state index in [1.807, 2.05) is 13.8 Å². The standard InChI is InChI=1S/C13H20N2O4S/c1-5(4-14)20-11-6(2)9-8(7(3)16)12(17)15(9)10(11)13(18)19/h5-9,16H,4,14H2,1-3H3,(H,18,19)/t5?,6?,7?,8?,9-/m1/s1. The number of carbonyl (C=O) groups excluding carboxylic acids is 1. The maximum Gasteiger partial charge on any atom is 0.353 e. The zero-order valence-corrected chi connectivity index (χ0v) is 12.6. The number of β-lactam (4-membered cyclic amide) rings is 1. The molecule has 0 saturated carbocycles. The van der Waals surface area contributed by atoms with Crippen LogP contribution < -0.4 is 5.73 Å². The number of thioether (sulfide) groups is 1. The second-order valence-corrected chi connectivity index (χ2v) is 6.92. The van der Waals surface area contributed by atoms with Gasteiger partial charge in [-0.1, -0.05) is 13.8 Å². The van der Waals surface area contributed by atoms with Crippen LogP contribution in [0.3, 0.4) is 0 Å². The van der Waals surface area contributed by atoms with Crippen molar-refractivity contribution in [2.45, 2.75) is 38.2 Å². The Morgan fingerprint density at radius 3 is 2.55 bits per heavy atom. The predicted molar refractivity (Wildman–Crippen MR) is 75.7 cm³/mol. The van der Waals surface area contributed by atoms with Crippen molar-refractivity contribution in [3.05, 3.63) is 10.6 Å². The molecule has 4 unspecified atom stereocenters. The minimum atomic E-state index is -1.09. The Labute approximate surface area is 122 Å². The summed E-state index contributed by atoms with van der Waals surface area (Å²) in [6.07, 6.45) is -0.766. The molecule has 0 spiro atoms. The van der Waals surface area contributed by atoms with Gasteiger partial charge in [-0.15, -0.1) is 11.8 Å². The van der Waals surface area contributed by atoms with Gasteiger partial charge in [0.25, 0.3) is 0 Å². The number of carboxylic acid groups (broad SMARTS) is 1. The second-order valence-electron chi connectivity index (χ2n) is 5.44. The van der Waals surface area contributed by atoms with Crippen LogP contribution in [0.25, 0.3) is 0 Å². The molecule has 1 amide bonds. The molecule has 0 aromatic heterocycles. The Morgan fingerprint density at radius 2 is 2.10 bits per heavy atom. The molecule has 112 valence electrons. The molecule has 0 aromatic carbocycles. The first-order valence-corrected chi connectivity index (χ1v) is 7.54. The third kappa shape index (κ3) is 2.13. The van der Waals surface area contributed by atoms with Crippen LogP contribution in [0.2, 0.25) is 0 Å². The van der Waals surface area contributed by atoms with Crippen LogP contribution in [0.4, 0.5) is 0 Å². The summed E-state index contributed by atoms with van der Waals surface area (Å²) < 4.78 is 0. The van der Waals surface area contributed by atoms with Crippen molar-refractivity contribution in [3.8, 4) is 0 Å². The average molecular weight is 300 g/mol. The normalized spacial score (nSPS) is 31.9. The van der Waals surface area contributed by atoms with Crippen molar-refractivity contribution in [2.75, 3.05) is 6.54 Å². The van der Waals surface area contributed by atoms with E-state index in [4.69, 9.17) is 5.73 Å². The molecule has 0 bridgehead atoms. The fourth-order valence-corrected chi connectivity index (χ4v) is 4.12. The van der Waals surface area contributed by atoms with E-state index in [1.54, 1.807) is 6.92 Å². The van der Waals surface area contributed by atoms with Crippen LogP contribution >= 0.6 is 11.8 Å². The van der Waals surface area contributed by atoms with Gasteiger partial charge in [-0.25, -0.2) is 4.79 Å². The first-order chi connectivity index (χ1) is 9.31. The van der Waals surface area contributed by atoms with Gasteiger partial charge in [0.2, 0.25) is 5.91 Å². The van der Waals surface area contributed by atoms with Crippen molar-refractivity contribution in [2.24, 2.45) is 17.6 Å². The van der Waals surface area contributed by atoms with Gasteiger partial charge >= 0.3 is 5.97 Å². The van der Waals surface area contributed by atoms with E-state index in [2.05, 4.69) is 0 Å². The SMILES string of the molecule is CC(CN)SC1=C(C(=O)O)N2C(=O)C(C(C)O)[C@H]2C1C. The zero-order valence-electron chi connectivity index (χ0n) is 11.7. The number of carbonyl (C=O) groups is 2. The maximum absolute atomic E-state index is 12.1. The third-order valence-electron chi connectivity index (χ3n) is 3.97. The maximum atomic E-state index is 12.1. The van der Waals surface area contributed by atoms with Gasteiger partial charge in [-0.3, -0.25) is 4.79 Å². The molecule has 6 nitrogen and oxygen atoms in total. The van der Waals surface area contributed by atoms with E-state index >= 15 is 0 Å². The highest BCUT2D eigenvalue weighted by Crippen LogP contribution is 2.51. The van der Waals surface area contributed by atoms with Crippen molar-refractivity contribution in [3.63, 3.8) is 0 Å². The summed E-state index contributed by atoms with van der Waals surface area (Å²) in [5.74, 6) is -1.99. The van der Waals surface area contributed by atoms with E-state index in [-0.39, 0.29) is 28.8 Å². The number of aliphatic hydroxyl groups is 1. The number of aliphatic carboxylic acids is 1. The smallest absolute Gasteiger partial charge is 0.353 e. The van der Waals surface area contributed by atoms with Gasteiger partial charge in [0.15, 0.2) is 0 Å². The Hall–Kier alpha value is -1.05.